The van der Waals surface area contributed by atoms with Gasteiger partial charge >= 0.3 is 16.4 Å². The van der Waals surface area contributed by atoms with Crippen LogP contribution in [0, 0.1) is 0 Å². The minimum Gasteiger partial charge on any atom is -0.457 e. The molecule has 0 aromatic rings. The summed E-state index contributed by atoms with van der Waals surface area (Å²) >= 11 is 0. The number of ether oxygens (including phenoxy) is 4. The quantitative estimate of drug-likeness (QED) is 0.0198. The van der Waals surface area contributed by atoms with Gasteiger partial charge in [0.05, 0.1) is 19.8 Å². The summed E-state index contributed by atoms with van der Waals surface area (Å²) in [5.74, 6) is -0.449. The highest BCUT2D eigenvalue weighted by atomic mass is 32.3. The second-order valence-electron chi connectivity index (χ2n) is 16.0. The number of aliphatic hydroxyl groups is 3. The van der Waals surface area contributed by atoms with Crippen molar-refractivity contribution in [3.05, 3.63) is 97.2 Å². The molecule has 13 heteroatoms. The van der Waals surface area contributed by atoms with Gasteiger partial charge in [0.15, 0.2) is 6.29 Å². The molecule has 12 nitrogen and oxygen atoms in total. The van der Waals surface area contributed by atoms with Crippen molar-refractivity contribution in [1.82, 2.24) is 0 Å². The fraction of sp³-hybridized carbons (Fsp3) is 0.667. The van der Waals surface area contributed by atoms with E-state index in [-0.39, 0.29) is 19.6 Å². The van der Waals surface area contributed by atoms with Crippen LogP contribution in [0.5, 0.6) is 0 Å². The number of carbonyl (C=O) groups is 1. The zero-order valence-electron chi connectivity index (χ0n) is 39.0. The Balaban J connectivity index is 2.46. The Labute approximate surface area is 386 Å². The van der Waals surface area contributed by atoms with Crippen LogP contribution in [0.1, 0.15) is 155 Å². The molecule has 1 rings (SSSR count). The molecule has 1 aliphatic heterocycles. The number of carbonyl (C=O) groups excluding carboxylic acids is 1. The summed E-state index contributed by atoms with van der Waals surface area (Å²) in [5, 5.41) is 30.7. The molecule has 4 N–H and O–H groups in total. The van der Waals surface area contributed by atoms with Gasteiger partial charge in [-0.05, 0) is 96.3 Å². The van der Waals surface area contributed by atoms with E-state index in [1.807, 2.05) is 0 Å². The summed E-state index contributed by atoms with van der Waals surface area (Å²) in [6, 6.07) is 0. The second kappa shape index (κ2) is 41.5. The van der Waals surface area contributed by atoms with Crippen molar-refractivity contribution in [1.29, 1.82) is 0 Å². The molecule has 0 aliphatic carbocycles. The molecule has 0 bridgehead atoms. The lowest BCUT2D eigenvalue weighted by Gasteiger charge is -2.41. The van der Waals surface area contributed by atoms with Gasteiger partial charge in [0.1, 0.15) is 30.5 Å². The highest BCUT2D eigenvalue weighted by Crippen LogP contribution is 2.26. The first-order valence-corrected chi connectivity index (χ1v) is 25.4. The van der Waals surface area contributed by atoms with Gasteiger partial charge in [-0.3, -0.25) is 9.35 Å². The lowest BCUT2D eigenvalue weighted by atomic mass is 9.99. The summed E-state index contributed by atoms with van der Waals surface area (Å²) < 4.78 is 59.1. The molecule has 0 radical (unpaired) electrons. The maximum atomic E-state index is 12.9. The number of allylic oxidation sites excluding steroid dienone is 16. The van der Waals surface area contributed by atoms with Crippen molar-refractivity contribution in [3.8, 4) is 0 Å². The van der Waals surface area contributed by atoms with Crippen molar-refractivity contribution >= 4 is 16.4 Å². The first kappa shape index (κ1) is 59.0. The maximum absolute atomic E-state index is 12.9. The molecule has 0 amide bonds. The minimum absolute atomic E-state index is 0.00432. The van der Waals surface area contributed by atoms with Crippen LogP contribution in [-0.4, -0.2) is 97.5 Å². The van der Waals surface area contributed by atoms with Crippen molar-refractivity contribution in [2.24, 2.45) is 0 Å². The lowest BCUT2D eigenvalue weighted by Crippen LogP contribution is -2.60. The standard InChI is InChI=1S/C51H84O12S/c1-3-5-7-9-11-13-15-17-19-21-22-23-24-25-26-28-30-32-34-36-38-40-47(53)61-45(44-60-51-49(55)50(63-64(56,57)58)48(54)46(42-52)62-51)43-59-41-39-37-35-33-31-29-27-20-18-16-14-12-10-8-6-4-2/h5,7,11-14,17-20,22-23,25-26,30,32,45-46,48-52,54-55H,3-4,6,8-10,15-16,21,24,27-29,31,33-44H2,1-2H3,(H,56,57,58)/b7-5-,13-11-,14-12-,19-17-,20-18-,23-22-,26-25-,32-30-. The van der Waals surface area contributed by atoms with Crippen LogP contribution in [0.15, 0.2) is 97.2 Å². The Morgan fingerprint density at radius 1 is 0.609 bits per heavy atom. The Morgan fingerprint density at radius 2 is 1.08 bits per heavy atom. The van der Waals surface area contributed by atoms with E-state index in [2.05, 4.69) is 115 Å². The van der Waals surface area contributed by atoms with Gasteiger partial charge in [0.2, 0.25) is 0 Å². The van der Waals surface area contributed by atoms with Gasteiger partial charge in [-0.15, -0.1) is 0 Å². The van der Waals surface area contributed by atoms with E-state index >= 15 is 0 Å². The monoisotopic (exact) mass is 921 g/mol. The van der Waals surface area contributed by atoms with Crippen LogP contribution in [0.2, 0.25) is 0 Å². The Hall–Kier alpha value is -2.98. The van der Waals surface area contributed by atoms with Gasteiger partial charge in [0.25, 0.3) is 0 Å². The zero-order chi connectivity index (χ0) is 46.8. The van der Waals surface area contributed by atoms with E-state index in [0.29, 0.717) is 13.0 Å². The average molecular weight is 921 g/mol. The van der Waals surface area contributed by atoms with Gasteiger partial charge < -0.3 is 34.3 Å². The van der Waals surface area contributed by atoms with Crippen LogP contribution in [-0.2, 0) is 38.3 Å². The molecule has 1 fully saturated rings. The van der Waals surface area contributed by atoms with E-state index in [1.54, 1.807) is 0 Å². The van der Waals surface area contributed by atoms with Crippen LogP contribution in [0.25, 0.3) is 0 Å². The normalized spacial score (nSPS) is 20.6. The topological polar surface area (TPSA) is 178 Å². The molecule has 1 aliphatic rings. The largest absolute Gasteiger partial charge is 0.457 e. The predicted octanol–water partition coefficient (Wildman–Crippen LogP) is 10.6. The second-order valence-corrected chi connectivity index (χ2v) is 17.0. The van der Waals surface area contributed by atoms with Gasteiger partial charge in [-0.2, -0.15) is 8.42 Å². The first-order chi connectivity index (χ1) is 31.1. The molecule has 0 saturated carbocycles. The predicted molar refractivity (Wildman–Crippen MR) is 257 cm³/mol. The summed E-state index contributed by atoms with van der Waals surface area (Å²) in [4.78, 5) is 12.9. The van der Waals surface area contributed by atoms with E-state index in [9.17, 15) is 33.1 Å². The number of hydrogen-bond donors (Lipinski definition) is 4. The number of rotatable bonds is 40. The Bertz CT molecular complexity index is 1480. The van der Waals surface area contributed by atoms with Gasteiger partial charge in [0, 0.05) is 13.0 Å². The van der Waals surface area contributed by atoms with Crippen LogP contribution in [0.4, 0.5) is 0 Å². The minimum atomic E-state index is -5.08. The summed E-state index contributed by atoms with van der Waals surface area (Å²) in [6.07, 6.45) is 47.2. The van der Waals surface area contributed by atoms with E-state index < -0.39 is 59.8 Å². The van der Waals surface area contributed by atoms with E-state index in [4.69, 9.17) is 18.9 Å². The Morgan fingerprint density at radius 3 is 1.58 bits per heavy atom. The SMILES string of the molecule is CC/C=C\C/C=C\C/C=C\C/C=C\C/C=C\C/C=C\CCCCC(=O)OC(COCCCCCCCC/C=C\C/C=C\CCCCC)COC1OC(CO)C(O)C(OS(=O)(=O)O)C1O. The summed E-state index contributed by atoms with van der Waals surface area (Å²) in [6.45, 7) is 3.75. The smallest absolute Gasteiger partial charge is 0.397 e. The molecule has 64 heavy (non-hydrogen) atoms. The Kier molecular flexibility index (Phi) is 38.2. The third kappa shape index (κ3) is 34.4. The molecule has 1 heterocycles. The van der Waals surface area contributed by atoms with Crippen molar-refractivity contribution in [3.63, 3.8) is 0 Å². The summed E-state index contributed by atoms with van der Waals surface area (Å²) in [7, 11) is -5.08. The van der Waals surface area contributed by atoms with Gasteiger partial charge in [-0.25, -0.2) is 4.18 Å². The molecule has 6 atom stereocenters. The molecule has 0 aromatic heterocycles. The maximum Gasteiger partial charge on any atom is 0.397 e. The van der Waals surface area contributed by atoms with E-state index in [0.717, 1.165) is 89.9 Å². The van der Waals surface area contributed by atoms with E-state index in [1.165, 1.54) is 38.5 Å². The molecular weight excluding hydrogens is 837 g/mol. The molecule has 6 unspecified atom stereocenters. The molecule has 366 valence electrons. The lowest BCUT2D eigenvalue weighted by molar-refractivity contribution is -0.301. The summed E-state index contributed by atoms with van der Waals surface area (Å²) in [5.41, 5.74) is 0. The fourth-order valence-electron chi connectivity index (χ4n) is 6.59. The third-order valence-electron chi connectivity index (χ3n) is 10.2. The van der Waals surface area contributed by atoms with Crippen LogP contribution in [0.3, 0.4) is 0 Å². The third-order valence-corrected chi connectivity index (χ3v) is 10.7. The van der Waals surface area contributed by atoms with Crippen molar-refractivity contribution in [2.45, 2.75) is 192 Å². The fourth-order valence-corrected chi connectivity index (χ4v) is 7.09. The number of esters is 1. The zero-order valence-corrected chi connectivity index (χ0v) is 39.9. The molecule has 1 saturated heterocycles. The number of aliphatic hydroxyl groups excluding tert-OH is 3. The van der Waals surface area contributed by atoms with Crippen LogP contribution >= 0.6 is 0 Å². The average Bonchev–Trinajstić information content (AvgIpc) is 3.27. The molecule has 0 spiro atoms. The highest BCUT2D eigenvalue weighted by molar-refractivity contribution is 7.80. The van der Waals surface area contributed by atoms with Crippen molar-refractivity contribution in [2.75, 3.05) is 26.4 Å². The van der Waals surface area contributed by atoms with Crippen molar-refractivity contribution < 1.29 is 56.2 Å². The number of unbranched alkanes of at least 4 members (excludes halogenated alkanes) is 11. The molecular formula is C51H84O12S. The van der Waals surface area contributed by atoms with Crippen LogP contribution < -0.4 is 0 Å². The highest BCUT2D eigenvalue weighted by Gasteiger charge is 2.48. The van der Waals surface area contributed by atoms with Gasteiger partial charge in [-0.1, -0.05) is 150 Å². The molecule has 0 aromatic carbocycles. The first-order valence-electron chi connectivity index (χ1n) is 24.0. The number of hydrogen-bond acceptors (Lipinski definition) is 11.